The molecule has 1 saturated carbocycles. The molecule has 0 amide bonds. The van der Waals surface area contributed by atoms with Gasteiger partial charge in [0.2, 0.25) is 0 Å². The standard InChI is InChI=1S/C11H16O2/c1-2-7-11(8-3-1)12-9-5-4-6-10(9)13-11/h4-5,9-10H,1-3,6-8H2/t9-,10+/m0/s1. The van der Waals surface area contributed by atoms with Crippen molar-refractivity contribution < 1.29 is 9.47 Å². The highest BCUT2D eigenvalue weighted by atomic mass is 16.8. The van der Waals surface area contributed by atoms with Crippen LogP contribution in [0.1, 0.15) is 38.5 Å². The maximum absolute atomic E-state index is 6.03. The molecule has 2 heteroatoms. The number of fused-ring (bicyclic) bond motifs is 1. The van der Waals surface area contributed by atoms with Gasteiger partial charge in [0.25, 0.3) is 0 Å². The van der Waals surface area contributed by atoms with Crippen LogP contribution in [-0.2, 0) is 9.47 Å². The van der Waals surface area contributed by atoms with Crippen LogP contribution in [0.25, 0.3) is 0 Å². The molecule has 1 spiro atoms. The lowest BCUT2D eigenvalue weighted by molar-refractivity contribution is -0.191. The highest BCUT2D eigenvalue weighted by molar-refractivity contribution is 5.08. The maximum atomic E-state index is 6.03. The maximum Gasteiger partial charge on any atom is 0.169 e. The van der Waals surface area contributed by atoms with Crippen molar-refractivity contribution in [3.8, 4) is 0 Å². The molecular weight excluding hydrogens is 164 g/mol. The summed E-state index contributed by atoms with van der Waals surface area (Å²) >= 11 is 0. The Hall–Kier alpha value is -0.340. The Bertz CT molecular complexity index is 228. The quantitative estimate of drug-likeness (QED) is 0.533. The van der Waals surface area contributed by atoms with Gasteiger partial charge in [-0.15, -0.1) is 0 Å². The van der Waals surface area contributed by atoms with E-state index in [4.69, 9.17) is 9.47 Å². The van der Waals surface area contributed by atoms with Gasteiger partial charge in [-0.3, -0.25) is 0 Å². The Morgan fingerprint density at radius 2 is 1.92 bits per heavy atom. The third-order valence-corrected chi connectivity index (χ3v) is 3.39. The molecule has 0 radical (unpaired) electrons. The minimum Gasteiger partial charge on any atom is -0.343 e. The number of ether oxygens (including phenoxy) is 2. The van der Waals surface area contributed by atoms with E-state index < -0.39 is 0 Å². The van der Waals surface area contributed by atoms with Gasteiger partial charge in [0, 0.05) is 12.8 Å². The fourth-order valence-corrected chi connectivity index (χ4v) is 2.71. The van der Waals surface area contributed by atoms with Crippen LogP contribution in [0, 0.1) is 0 Å². The fourth-order valence-electron chi connectivity index (χ4n) is 2.71. The van der Waals surface area contributed by atoms with Gasteiger partial charge in [0.1, 0.15) is 6.10 Å². The summed E-state index contributed by atoms with van der Waals surface area (Å²) in [6.07, 6.45) is 12.1. The molecule has 0 aromatic rings. The fraction of sp³-hybridized carbons (Fsp3) is 0.818. The van der Waals surface area contributed by atoms with E-state index in [0.29, 0.717) is 6.10 Å². The van der Waals surface area contributed by atoms with E-state index in [2.05, 4.69) is 12.2 Å². The third kappa shape index (κ3) is 1.24. The molecule has 0 N–H and O–H groups in total. The molecule has 13 heavy (non-hydrogen) atoms. The first-order chi connectivity index (χ1) is 6.38. The summed E-state index contributed by atoms with van der Waals surface area (Å²) in [7, 11) is 0. The largest absolute Gasteiger partial charge is 0.343 e. The van der Waals surface area contributed by atoms with E-state index in [1.54, 1.807) is 0 Å². The Morgan fingerprint density at radius 1 is 1.08 bits per heavy atom. The van der Waals surface area contributed by atoms with E-state index >= 15 is 0 Å². The molecular formula is C11H16O2. The Kier molecular flexibility index (Phi) is 1.74. The van der Waals surface area contributed by atoms with Crippen molar-refractivity contribution in [2.45, 2.75) is 56.5 Å². The monoisotopic (exact) mass is 180 g/mol. The summed E-state index contributed by atoms with van der Waals surface area (Å²) in [4.78, 5) is 0. The lowest BCUT2D eigenvalue weighted by atomic mass is 9.94. The van der Waals surface area contributed by atoms with Gasteiger partial charge in [0.05, 0.1) is 6.10 Å². The van der Waals surface area contributed by atoms with Gasteiger partial charge < -0.3 is 9.47 Å². The van der Waals surface area contributed by atoms with Gasteiger partial charge in [-0.25, -0.2) is 0 Å². The van der Waals surface area contributed by atoms with E-state index in [-0.39, 0.29) is 11.9 Å². The average Bonchev–Trinajstić information content (AvgIpc) is 2.64. The van der Waals surface area contributed by atoms with E-state index in [1.165, 1.54) is 19.3 Å². The molecule has 2 nitrogen and oxygen atoms in total. The average molecular weight is 180 g/mol. The zero-order valence-electron chi connectivity index (χ0n) is 7.87. The summed E-state index contributed by atoms with van der Waals surface area (Å²) in [5, 5.41) is 0. The first-order valence-corrected chi connectivity index (χ1v) is 5.40. The van der Waals surface area contributed by atoms with Crippen LogP contribution in [0.15, 0.2) is 12.2 Å². The SMILES string of the molecule is C1=C[C@@H]2OC3(CCCCC3)O[C@@H]2C1. The van der Waals surface area contributed by atoms with Gasteiger partial charge in [-0.2, -0.15) is 0 Å². The summed E-state index contributed by atoms with van der Waals surface area (Å²) in [6, 6.07) is 0. The second-order valence-electron chi connectivity index (χ2n) is 4.37. The first-order valence-electron chi connectivity index (χ1n) is 5.40. The van der Waals surface area contributed by atoms with Crippen LogP contribution in [0.3, 0.4) is 0 Å². The van der Waals surface area contributed by atoms with Crippen molar-refractivity contribution in [1.82, 2.24) is 0 Å². The van der Waals surface area contributed by atoms with Gasteiger partial charge in [-0.1, -0.05) is 18.6 Å². The molecule has 0 aromatic heterocycles. The molecule has 0 unspecified atom stereocenters. The zero-order chi connectivity index (χ0) is 8.73. The highest BCUT2D eigenvalue weighted by Gasteiger charge is 2.47. The first kappa shape index (κ1) is 8.01. The third-order valence-electron chi connectivity index (χ3n) is 3.39. The molecule has 2 fully saturated rings. The number of rotatable bonds is 0. The molecule has 0 bridgehead atoms. The molecule has 3 rings (SSSR count). The van der Waals surface area contributed by atoms with Crippen molar-refractivity contribution >= 4 is 0 Å². The second kappa shape index (κ2) is 2.82. The van der Waals surface area contributed by atoms with Crippen molar-refractivity contribution in [2.24, 2.45) is 0 Å². The topological polar surface area (TPSA) is 18.5 Å². The molecule has 2 atom stereocenters. The number of hydrogen-bond acceptors (Lipinski definition) is 2. The van der Waals surface area contributed by atoms with Crippen molar-refractivity contribution in [3.63, 3.8) is 0 Å². The van der Waals surface area contributed by atoms with Crippen LogP contribution in [0.4, 0.5) is 0 Å². The van der Waals surface area contributed by atoms with Crippen LogP contribution < -0.4 is 0 Å². The molecule has 0 aromatic carbocycles. The second-order valence-corrected chi connectivity index (χ2v) is 4.37. The zero-order valence-corrected chi connectivity index (χ0v) is 7.87. The van der Waals surface area contributed by atoms with Crippen molar-refractivity contribution in [3.05, 3.63) is 12.2 Å². The van der Waals surface area contributed by atoms with E-state index in [0.717, 1.165) is 19.3 Å². The minimum absolute atomic E-state index is 0.182. The van der Waals surface area contributed by atoms with Gasteiger partial charge in [0.15, 0.2) is 5.79 Å². The van der Waals surface area contributed by atoms with E-state index in [9.17, 15) is 0 Å². The molecule has 2 aliphatic carbocycles. The normalized spacial score (nSPS) is 41.2. The summed E-state index contributed by atoms with van der Waals surface area (Å²) in [5.74, 6) is -0.182. The van der Waals surface area contributed by atoms with Crippen molar-refractivity contribution in [2.75, 3.05) is 0 Å². The molecule has 3 aliphatic rings. The van der Waals surface area contributed by atoms with E-state index in [1.807, 2.05) is 0 Å². The predicted molar refractivity (Wildman–Crippen MR) is 49.3 cm³/mol. The summed E-state index contributed by atoms with van der Waals surface area (Å²) < 4.78 is 12.0. The van der Waals surface area contributed by atoms with Crippen LogP contribution >= 0.6 is 0 Å². The molecule has 72 valence electrons. The van der Waals surface area contributed by atoms with Crippen LogP contribution in [0.2, 0.25) is 0 Å². The Balaban J connectivity index is 1.76. The van der Waals surface area contributed by atoms with Crippen LogP contribution in [-0.4, -0.2) is 18.0 Å². The number of hydrogen-bond donors (Lipinski definition) is 0. The minimum atomic E-state index is -0.182. The lowest BCUT2D eigenvalue weighted by Gasteiger charge is -2.32. The Morgan fingerprint density at radius 3 is 2.69 bits per heavy atom. The predicted octanol–water partition coefficient (Wildman–Crippen LogP) is 2.39. The summed E-state index contributed by atoms with van der Waals surface area (Å²) in [6.45, 7) is 0. The van der Waals surface area contributed by atoms with Gasteiger partial charge in [-0.05, 0) is 19.3 Å². The smallest absolute Gasteiger partial charge is 0.169 e. The molecule has 1 saturated heterocycles. The lowest BCUT2D eigenvalue weighted by Crippen LogP contribution is -2.33. The highest BCUT2D eigenvalue weighted by Crippen LogP contribution is 2.43. The molecule has 1 heterocycles. The van der Waals surface area contributed by atoms with Gasteiger partial charge >= 0.3 is 0 Å². The summed E-state index contributed by atoms with van der Waals surface area (Å²) in [5.41, 5.74) is 0. The Labute approximate surface area is 78.9 Å². The van der Waals surface area contributed by atoms with Crippen molar-refractivity contribution in [1.29, 1.82) is 0 Å². The van der Waals surface area contributed by atoms with Crippen LogP contribution in [0.5, 0.6) is 0 Å². The molecule has 1 aliphatic heterocycles.